The average molecular weight is 807 g/mol. The van der Waals surface area contributed by atoms with E-state index in [2.05, 4.69) is 41.5 Å². The van der Waals surface area contributed by atoms with Crippen LogP contribution in [-0.4, -0.2) is 37.2 Å². The third kappa shape index (κ3) is 45.3. The van der Waals surface area contributed by atoms with Crippen molar-refractivity contribution in [2.24, 2.45) is 17.8 Å². The van der Waals surface area contributed by atoms with Crippen molar-refractivity contribution in [3.05, 3.63) is 0 Å². The Morgan fingerprint density at radius 1 is 0.298 bits per heavy atom. The van der Waals surface area contributed by atoms with Crippen LogP contribution in [0.3, 0.4) is 0 Å². The zero-order valence-electron chi connectivity index (χ0n) is 39.1. The molecule has 0 aromatic rings. The van der Waals surface area contributed by atoms with Crippen LogP contribution in [0.15, 0.2) is 0 Å². The molecule has 0 unspecified atom stereocenters. The number of carbonyl (C=O) groups is 3. The Morgan fingerprint density at radius 3 is 0.754 bits per heavy atom. The van der Waals surface area contributed by atoms with E-state index in [0.717, 1.165) is 75.5 Å². The van der Waals surface area contributed by atoms with E-state index in [1.165, 1.54) is 154 Å². The lowest BCUT2D eigenvalue weighted by Crippen LogP contribution is -2.30. The Kier molecular flexibility index (Phi) is 41.3. The fraction of sp³-hybridized carbons (Fsp3) is 0.941. The number of rotatable bonds is 44. The molecule has 0 fully saturated rings. The van der Waals surface area contributed by atoms with Crippen molar-refractivity contribution in [2.45, 2.75) is 279 Å². The monoisotopic (exact) mass is 807 g/mol. The molecule has 0 aliphatic heterocycles. The second-order valence-corrected chi connectivity index (χ2v) is 18.9. The summed E-state index contributed by atoms with van der Waals surface area (Å²) in [7, 11) is 0. The van der Waals surface area contributed by atoms with Crippen LogP contribution in [0.25, 0.3) is 0 Å². The van der Waals surface area contributed by atoms with Crippen LogP contribution in [0.1, 0.15) is 273 Å². The zero-order chi connectivity index (χ0) is 42.0. The van der Waals surface area contributed by atoms with Crippen molar-refractivity contribution in [3.8, 4) is 0 Å². The molecule has 0 amide bonds. The molecule has 1 atom stereocenters. The molecule has 0 heterocycles. The molecule has 6 heteroatoms. The molecule has 0 saturated carbocycles. The topological polar surface area (TPSA) is 78.9 Å². The molecule has 0 aliphatic rings. The first-order valence-corrected chi connectivity index (χ1v) is 25.1. The van der Waals surface area contributed by atoms with Crippen LogP contribution in [0.4, 0.5) is 0 Å². The Hall–Kier alpha value is -1.59. The molecule has 0 aromatic heterocycles. The summed E-state index contributed by atoms with van der Waals surface area (Å²) in [4.78, 5) is 37.9. The summed E-state index contributed by atoms with van der Waals surface area (Å²) in [6.07, 6.45) is 41.0. The van der Waals surface area contributed by atoms with Gasteiger partial charge in [-0.25, -0.2) is 0 Å². The van der Waals surface area contributed by atoms with Crippen LogP contribution in [-0.2, 0) is 28.6 Å². The van der Waals surface area contributed by atoms with Crippen molar-refractivity contribution in [1.29, 1.82) is 0 Å². The van der Waals surface area contributed by atoms with Crippen molar-refractivity contribution < 1.29 is 28.6 Å². The molecule has 0 bridgehead atoms. The number of hydrogen-bond donors (Lipinski definition) is 0. The molecule has 0 spiro atoms. The van der Waals surface area contributed by atoms with Crippen molar-refractivity contribution in [1.82, 2.24) is 0 Å². The minimum absolute atomic E-state index is 0.0654. The Balaban J connectivity index is 4.31. The predicted octanol–water partition coefficient (Wildman–Crippen LogP) is 16.0. The fourth-order valence-electron chi connectivity index (χ4n) is 7.59. The lowest BCUT2D eigenvalue weighted by atomic mass is 10.0. The predicted molar refractivity (Wildman–Crippen MR) is 243 cm³/mol. The van der Waals surface area contributed by atoms with Crippen molar-refractivity contribution in [3.63, 3.8) is 0 Å². The van der Waals surface area contributed by atoms with Crippen LogP contribution < -0.4 is 0 Å². The summed E-state index contributed by atoms with van der Waals surface area (Å²) in [6, 6.07) is 0. The second kappa shape index (κ2) is 42.5. The molecule has 0 aromatic carbocycles. The highest BCUT2D eigenvalue weighted by atomic mass is 16.6. The minimum Gasteiger partial charge on any atom is -0.462 e. The first kappa shape index (κ1) is 55.4. The van der Waals surface area contributed by atoms with Crippen LogP contribution in [0.5, 0.6) is 0 Å². The Morgan fingerprint density at radius 2 is 0.509 bits per heavy atom. The maximum atomic E-state index is 12.8. The highest BCUT2D eigenvalue weighted by Crippen LogP contribution is 2.17. The van der Waals surface area contributed by atoms with Gasteiger partial charge >= 0.3 is 17.9 Å². The van der Waals surface area contributed by atoms with E-state index in [1.807, 2.05) is 0 Å². The highest BCUT2D eigenvalue weighted by Gasteiger charge is 2.19. The van der Waals surface area contributed by atoms with Gasteiger partial charge in [0, 0.05) is 19.3 Å². The van der Waals surface area contributed by atoms with Gasteiger partial charge in [0.05, 0.1) is 0 Å². The van der Waals surface area contributed by atoms with Gasteiger partial charge in [-0.15, -0.1) is 0 Å². The molecule has 0 aliphatic carbocycles. The zero-order valence-corrected chi connectivity index (χ0v) is 39.1. The summed E-state index contributed by atoms with van der Waals surface area (Å²) < 4.78 is 16.8. The molecular formula is C51H98O6. The third-order valence-electron chi connectivity index (χ3n) is 11.4. The van der Waals surface area contributed by atoms with E-state index in [-0.39, 0.29) is 31.1 Å². The van der Waals surface area contributed by atoms with Gasteiger partial charge in [0.15, 0.2) is 6.10 Å². The SMILES string of the molecule is CC(C)CCCCCCCCCCCCCCC(=O)O[C@@H](COC(=O)CCCCCCCCCCCCCC(C)C)COC(=O)CCCCCCCCCC(C)C. The Labute approximate surface area is 355 Å². The van der Waals surface area contributed by atoms with Gasteiger partial charge in [0.2, 0.25) is 0 Å². The summed E-state index contributed by atoms with van der Waals surface area (Å²) in [5.74, 6) is 1.58. The lowest BCUT2D eigenvalue weighted by molar-refractivity contribution is -0.167. The van der Waals surface area contributed by atoms with Gasteiger partial charge in [-0.05, 0) is 37.0 Å². The maximum absolute atomic E-state index is 12.8. The van der Waals surface area contributed by atoms with E-state index < -0.39 is 6.10 Å². The quantitative estimate of drug-likeness (QED) is 0.0347. The van der Waals surface area contributed by atoms with E-state index in [1.54, 1.807) is 0 Å². The van der Waals surface area contributed by atoms with Crippen molar-refractivity contribution in [2.75, 3.05) is 13.2 Å². The summed E-state index contributed by atoms with van der Waals surface area (Å²) in [6.45, 7) is 13.7. The van der Waals surface area contributed by atoms with E-state index in [4.69, 9.17) is 14.2 Å². The van der Waals surface area contributed by atoms with Gasteiger partial charge in [0.1, 0.15) is 13.2 Å². The standard InChI is InChI=1S/C51H98O6/c1-45(2)37-31-25-19-14-10-7-8-12-17-23-30-36-42-51(54)57-48(44-56-50(53)41-35-29-24-18-21-27-33-39-47(5)6)43-55-49(52)40-34-28-22-16-13-9-11-15-20-26-32-38-46(3)4/h45-48H,7-44H2,1-6H3/t48-/m0/s1. The lowest BCUT2D eigenvalue weighted by Gasteiger charge is -2.18. The third-order valence-corrected chi connectivity index (χ3v) is 11.4. The average Bonchev–Trinajstić information content (AvgIpc) is 3.16. The number of unbranched alkanes of at least 4 members (excludes halogenated alkanes) is 27. The summed E-state index contributed by atoms with van der Waals surface area (Å²) in [5.41, 5.74) is 0. The normalized spacial score (nSPS) is 12.2. The summed E-state index contributed by atoms with van der Waals surface area (Å²) in [5, 5.41) is 0. The number of ether oxygens (including phenoxy) is 3. The van der Waals surface area contributed by atoms with E-state index in [9.17, 15) is 14.4 Å². The van der Waals surface area contributed by atoms with Gasteiger partial charge in [-0.3, -0.25) is 14.4 Å². The molecule has 0 saturated heterocycles. The van der Waals surface area contributed by atoms with Crippen molar-refractivity contribution >= 4 is 17.9 Å². The second-order valence-electron chi connectivity index (χ2n) is 18.9. The molecular weight excluding hydrogens is 709 g/mol. The first-order valence-electron chi connectivity index (χ1n) is 25.1. The number of carbonyl (C=O) groups excluding carboxylic acids is 3. The van der Waals surface area contributed by atoms with Crippen LogP contribution in [0.2, 0.25) is 0 Å². The fourth-order valence-corrected chi connectivity index (χ4v) is 7.59. The molecule has 0 rings (SSSR count). The molecule has 0 radical (unpaired) electrons. The minimum atomic E-state index is -0.762. The number of esters is 3. The van der Waals surface area contributed by atoms with E-state index in [0.29, 0.717) is 19.3 Å². The molecule has 338 valence electrons. The molecule has 57 heavy (non-hydrogen) atoms. The first-order chi connectivity index (χ1) is 27.6. The van der Waals surface area contributed by atoms with Gasteiger partial charge in [-0.2, -0.15) is 0 Å². The molecule has 0 N–H and O–H groups in total. The Bertz CT molecular complexity index is 883. The largest absolute Gasteiger partial charge is 0.462 e. The van der Waals surface area contributed by atoms with E-state index >= 15 is 0 Å². The smallest absolute Gasteiger partial charge is 0.306 e. The van der Waals surface area contributed by atoms with Gasteiger partial charge in [-0.1, -0.05) is 234 Å². The maximum Gasteiger partial charge on any atom is 0.306 e. The highest BCUT2D eigenvalue weighted by molar-refractivity contribution is 5.71. The summed E-state index contributed by atoms with van der Waals surface area (Å²) >= 11 is 0. The van der Waals surface area contributed by atoms with Gasteiger partial charge in [0.25, 0.3) is 0 Å². The van der Waals surface area contributed by atoms with Gasteiger partial charge < -0.3 is 14.2 Å². The molecule has 6 nitrogen and oxygen atoms in total. The van der Waals surface area contributed by atoms with Crippen LogP contribution in [0, 0.1) is 17.8 Å². The number of hydrogen-bond acceptors (Lipinski definition) is 6. The van der Waals surface area contributed by atoms with Crippen LogP contribution >= 0.6 is 0 Å².